The van der Waals surface area contributed by atoms with Crippen molar-refractivity contribution in [1.29, 1.82) is 0 Å². The van der Waals surface area contributed by atoms with Crippen LogP contribution < -0.4 is 5.32 Å². The molecule has 24 heavy (non-hydrogen) atoms. The lowest BCUT2D eigenvalue weighted by molar-refractivity contribution is 0.183. The Labute approximate surface area is 140 Å². The first-order valence-corrected chi connectivity index (χ1v) is 7.60. The quantitative estimate of drug-likeness (QED) is 0.762. The van der Waals surface area contributed by atoms with Gasteiger partial charge >= 0.3 is 6.03 Å². The molecule has 0 saturated heterocycles. The van der Waals surface area contributed by atoms with Gasteiger partial charge in [-0.25, -0.2) is 14.2 Å². The number of aliphatic hydroxyl groups is 1. The molecule has 0 aliphatic heterocycles. The number of aromatic nitrogens is 2. The Hall–Kier alpha value is -2.67. The predicted molar refractivity (Wildman–Crippen MR) is 89.4 cm³/mol. The number of imidazole rings is 1. The van der Waals surface area contributed by atoms with E-state index in [0.717, 1.165) is 0 Å². The zero-order valence-corrected chi connectivity index (χ0v) is 13.6. The van der Waals surface area contributed by atoms with E-state index < -0.39 is 0 Å². The molecule has 128 valence electrons. The molecule has 0 saturated carbocycles. The molecule has 0 fully saturated rings. The van der Waals surface area contributed by atoms with E-state index in [0.29, 0.717) is 23.6 Å². The van der Waals surface area contributed by atoms with Crippen molar-refractivity contribution in [3.05, 3.63) is 60.5 Å². The third-order valence-corrected chi connectivity index (χ3v) is 3.55. The van der Waals surface area contributed by atoms with Crippen LogP contribution in [-0.2, 0) is 6.54 Å². The first-order valence-electron chi connectivity index (χ1n) is 7.60. The number of nitrogens with one attached hydrogen (secondary N) is 1. The van der Waals surface area contributed by atoms with Crippen LogP contribution in [0.1, 0.15) is 11.4 Å². The highest BCUT2D eigenvalue weighted by molar-refractivity contribution is 5.74. The second-order valence-electron chi connectivity index (χ2n) is 5.25. The summed E-state index contributed by atoms with van der Waals surface area (Å²) in [7, 11) is 0. The van der Waals surface area contributed by atoms with E-state index in [-0.39, 0.29) is 31.5 Å². The third-order valence-electron chi connectivity index (χ3n) is 3.55. The molecule has 2 aromatic rings. The summed E-state index contributed by atoms with van der Waals surface area (Å²) < 4.78 is 16.0. The highest BCUT2D eigenvalue weighted by Crippen LogP contribution is 2.16. The van der Waals surface area contributed by atoms with Crippen molar-refractivity contribution in [3.8, 4) is 5.69 Å². The maximum Gasteiger partial charge on any atom is 0.318 e. The fraction of sp³-hybridized carbons (Fsp3) is 0.294. The highest BCUT2D eigenvalue weighted by atomic mass is 19.1. The monoisotopic (exact) mass is 332 g/mol. The van der Waals surface area contributed by atoms with Gasteiger partial charge in [0.2, 0.25) is 0 Å². The molecular formula is C17H21FN4O2. The van der Waals surface area contributed by atoms with Gasteiger partial charge in [0, 0.05) is 32.0 Å². The molecule has 0 radical (unpaired) electrons. The summed E-state index contributed by atoms with van der Waals surface area (Å²) in [5.41, 5.74) is 1.05. The fourth-order valence-electron chi connectivity index (χ4n) is 2.33. The number of hydrogen-bond acceptors (Lipinski definition) is 3. The van der Waals surface area contributed by atoms with Gasteiger partial charge in [-0.3, -0.25) is 0 Å². The van der Waals surface area contributed by atoms with Gasteiger partial charge in [-0.1, -0.05) is 12.1 Å². The number of rotatable bonds is 7. The Bertz CT molecular complexity index is 714. The average molecular weight is 332 g/mol. The standard InChI is InChI=1S/C17H21FN4O2/c1-3-7-21(9-10-23)17(24)20-12-14-4-5-16(15(18)11-14)22-8-6-19-13(22)2/h3-6,8,11,23H,1,7,9-10,12H2,2H3,(H,20,24). The predicted octanol–water partition coefficient (Wildman–Crippen LogP) is 2.01. The van der Waals surface area contributed by atoms with Crippen LogP contribution in [-0.4, -0.2) is 45.3 Å². The van der Waals surface area contributed by atoms with E-state index in [4.69, 9.17) is 5.11 Å². The van der Waals surface area contributed by atoms with Crippen molar-refractivity contribution in [1.82, 2.24) is 19.8 Å². The van der Waals surface area contributed by atoms with E-state index in [1.165, 1.54) is 11.0 Å². The molecular weight excluding hydrogens is 311 g/mol. The molecule has 6 nitrogen and oxygen atoms in total. The van der Waals surface area contributed by atoms with E-state index in [1.807, 2.05) is 0 Å². The van der Waals surface area contributed by atoms with Crippen LogP contribution in [0.25, 0.3) is 5.69 Å². The minimum atomic E-state index is -0.388. The Balaban J connectivity index is 2.03. The molecule has 0 aliphatic rings. The number of carbonyl (C=O) groups is 1. The second kappa shape index (κ2) is 8.26. The molecule has 1 aromatic heterocycles. The zero-order valence-electron chi connectivity index (χ0n) is 13.6. The maximum absolute atomic E-state index is 14.3. The van der Waals surface area contributed by atoms with Crippen LogP contribution >= 0.6 is 0 Å². The Morgan fingerprint density at radius 3 is 2.92 bits per heavy atom. The van der Waals surface area contributed by atoms with Crippen LogP contribution in [0.4, 0.5) is 9.18 Å². The molecule has 1 heterocycles. The van der Waals surface area contributed by atoms with Gasteiger partial charge in [0.15, 0.2) is 0 Å². The van der Waals surface area contributed by atoms with Crippen molar-refractivity contribution in [2.45, 2.75) is 13.5 Å². The molecule has 7 heteroatoms. The fourth-order valence-corrected chi connectivity index (χ4v) is 2.33. The first-order chi connectivity index (χ1) is 11.6. The van der Waals surface area contributed by atoms with E-state index in [9.17, 15) is 9.18 Å². The van der Waals surface area contributed by atoms with Crippen LogP contribution in [0.2, 0.25) is 0 Å². The lowest BCUT2D eigenvalue weighted by Crippen LogP contribution is -2.41. The lowest BCUT2D eigenvalue weighted by Gasteiger charge is -2.20. The number of carbonyl (C=O) groups excluding carboxylic acids is 1. The number of aliphatic hydroxyl groups excluding tert-OH is 1. The normalized spacial score (nSPS) is 10.5. The number of nitrogens with zero attached hydrogens (tertiary/aromatic N) is 3. The molecule has 0 unspecified atom stereocenters. The van der Waals surface area contributed by atoms with Crippen molar-refractivity contribution in [2.24, 2.45) is 0 Å². The number of benzene rings is 1. The summed E-state index contributed by atoms with van der Waals surface area (Å²) in [6.07, 6.45) is 4.88. The van der Waals surface area contributed by atoms with Crippen molar-refractivity contribution in [3.63, 3.8) is 0 Å². The number of aryl methyl sites for hydroxylation is 1. The topological polar surface area (TPSA) is 70.4 Å². The minimum absolute atomic E-state index is 0.130. The van der Waals surface area contributed by atoms with Gasteiger partial charge in [0.05, 0.1) is 12.3 Å². The number of urea groups is 1. The third kappa shape index (κ3) is 4.20. The highest BCUT2D eigenvalue weighted by Gasteiger charge is 2.12. The first kappa shape index (κ1) is 17.7. The van der Waals surface area contributed by atoms with Gasteiger partial charge in [0.1, 0.15) is 11.6 Å². The van der Waals surface area contributed by atoms with Gasteiger partial charge in [-0.15, -0.1) is 6.58 Å². The summed E-state index contributed by atoms with van der Waals surface area (Å²) in [5.74, 6) is 0.306. The summed E-state index contributed by atoms with van der Waals surface area (Å²) in [6, 6.07) is 4.46. The minimum Gasteiger partial charge on any atom is -0.395 e. The van der Waals surface area contributed by atoms with Gasteiger partial charge in [-0.2, -0.15) is 0 Å². The Morgan fingerprint density at radius 2 is 2.33 bits per heavy atom. The molecule has 1 aromatic carbocycles. The summed E-state index contributed by atoms with van der Waals surface area (Å²) in [5, 5.41) is 11.7. The Morgan fingerprint density at radius 1 is 1.54 bits per heavy atom. The molecule has 2 rings (SSSR count). The van der Waals surface area contributed by atoms with Crippen LogP contribution in [0.15, 0.2) is 43.2 Å². The van der Waals surface area contributed by atoms with Crippen LogP contribution in [0.5, 0.6) is 0 Å². The average Bonchev–Trinajstić information content (AvgIpc) is 2.98. The molecule has 2 amide bonds. The van der Waals surface area contributed by atoms with Gasteiger partial charge in [-0.05, 0) is 24.6 Å². The van der Waals surface area contributed by atoms with E-state index in [2.05, 4.69) is 16.9 Å². The largest absolute Gasteiger partial charge is 0.395 e. The number of hydrogen-bond donors (Lipinski definition) is 2. The number of amides is 2. The van der Waals surface area contributed by atoms with E-state index in [1.54, 1.807) is 42.1 Å². The van der Waals surface area contributed by atoms with Crippen molar-refractivity contribution < 1.29 is 14.3 Å². The van der Waals surface area contributed by atoms with E-state index >= 15 is 0 Å². The molecule has 0 bridgehead atoms. The van der Waals surface area contributed by atoms with Crippen LogP contribution in [0, 0.1) is 12.7 Å². The Kier molecular flexibility index (Phi) is 6.08. The SMILES string of the molecule is C=CCN(CCO)C(=O)NCc1ccc(-n2ccnc2C)c(F)c1. The summed E-state index contributed by atoms with van der Waals surface area (Å²) in [6.45, 7) is 5.98. The summed E-state index contributed by atoms with van der Waals surface area (Å²) in [4.78, 5) is 17.5. The van der Waals surface area contributed by atoms with Crippen molar-refractivity contribution in [2.75, 3.05) is 19.7 Å². The molecule has 2 N–H and O–H groups in total. The molecule has 0 atom stereocenters. The van der Waals surface area contributed by atoms with Gasteiger partial charge < -0.3 is 19.9 Å². The van der Waals surface area contributed by atoms with Gasteiger partial charge in [0.25, 0.3) is 0 Å². The smallest absolute Gasteiger partial charge is 0.318 e. The molecule has 0 aliphatic carbocycles. The number of halogens is 1. The van der Waals surface area contributed by atoms with Crippen LogP contribution in [0.3, 0.4) is 0 Å². The maximum atomic E-state index is 14.3. The zero-order chi connectivity index (χ0) is 17.5. The van der Waals surface area contributed by atoms with Crippen molar-refractivity contribution >= 4 is 6.03 Å². The molecule has 0 spiro atoms. The summed E-state index contributed by atoms with van der Waals surface area (Å²) >= 11 is 0. The second-order valence-corrected chi connectivity index (χ2v) is 5.25. The lowest BCUT2D eigenvalue weighted by atomic mass is 10.2.